The van der Waals surface area contributed by atoms with Crippen LogP contribution in [0.4, 0.5) is 4.39 Å². The molecule has 0 radical (unpaired) electrons. The van der Waals surface area contributed by atoms with Crippen LogP contribution in [0, 0.1) is 0 Å². The quantitative estimate of drug-likeness (QED) is 0.792. The van der Waals surface area contributed by atoms with Crippen molar-refractivity contribution in [1.29, 1.82) is 0 Å². The third-order valence-corrected chi connectivity index (χ3v) is 2.52. The molecule has 0 fully saturated rings. The molecule has 68 valence electrons. The fourth-order valence-electron chi connectivity index (χ4n) is 1.34. The monoisotopic (exact) mass is 242 g/mol. The summed E-state index contributed by atoms with van der Waals surface area (Å²) in [5, 5.41) is 0. The van der Waals surface area contributed by atoms with E-state index in [4.69, 9.17) is 0 Å². The molecule has 1 aromatic carbocycles. The van der Waals surface area contributed by atoms with Gasteiger partial charge in [-0.2, -0.15) is 0 Å². The minimum absolute atomic E-state index is 0.348. The first kappa shape index (κ1) is 8.69. The van der Waals surface area contributed by atoms with Crippen LogP contribution < -0.4 is 0 Å². The minimum atomic E-state index is -0.376. The van der Waals surface area contributed by atoms with Crippen LogP contribution in [0.3, 0.4) is 0 Å². The lowest BCUT2D eigenvalue weighted by molar-refractivity contribution is 0.447. The number of aromatic nitrogens is 2. The first-order valence-corrected chi connectivity index (χ1v) is 4.79. The predicted octanol–water partition coefficient (Wildman–Crippen LogP) is 2.77. The molecule has 0 bridgehead atoms. The van der Waals surface area contributed by atoms with E-state index in [2.05, 4.69) is 20.9 Å². The Hall–Kier alpha value is -0.900. The fourth-order valence-corrected chi connectivity index (χ4v) is 1.90. The van der Waals surface area contributed by atoms with Crippen LogP contribution in [0.5, 0.6) is 0 Å². The average Bonchev–Trinajstić information content (AvgIpc) is 2.44. The molecule has 0 saturated carbocycles. The maximum absolute atomic E-state index is 12.2. The highest BCUT2D eigenvalue weighted by molar-refractivity contribution is 9.10. The Kier molecular flexibility index (Phi) is 2.31. The molecule has 2 aromatic rings. The molecule has 4 heteroatoms. The fraction of sp³-hybridized carbons (Fsp3) is 0.222. The summed E-state index contributed by atoms with van der Waals surface area (Å²) in [5.41, 5.74) is 1.86. The maximum atomic E-state index is 12.2. The highest BCUT2D eigenvalue weighted by Gasteiger charge is 2.06. The van der Waals surface area contributed by atoms with Gasteiger partial charge in [0.05, 0.1) is 17.6 Å². The van der Waals surface area contributed by atoms with Gasteiger partial charge in [0.2, 0.25) is 0 Å². The summed E-state index contributed by atoms with van der Waals surface area (Å²) < 4.78 is 14.7. The molecular formula is C9H8BrFN2. The lowest BCUT2D eigenvalue weighted by atomic mass is 10.3. The van der Waals surface area contributed by atoms with Gasteiger partial charge in [-0.05, 0) is 28.1 Å². The highest BCUT2D eigenvalue weighted by atomic mass is 79.9. The second kappa shape index (κ2) is 3.46. The second-order valence-corrected chi connectivity index (χ2v) is 3.42. The van der Waals surface area contributed by atoms with E-state index >= 15 is 0 Å². The van der Waals surface area contributed by atoms with Crippen molar-refractivity contribution in [3.05, 3.63) is 29.0 Å². The number of halogens is 2. The third kappa shape index (κ3) is 1.46. The molecule has 0 unspecified atom stereocenters. The van der Waals surface area contributed by atoms with Crippen molar-refractivity contribution in [3.8, 4) is 0 Å². The van der Waals surface area contributed by atoms with Crippen molar-refractivity contribution in [2.75, 3.05) is 6.67 Å². The Bertz CT molecular complexity index is 424. The number of alkyl halides is 1. The molecule has 0 aliphatic carbocycles. The molecule has 1 heterocycles. The van der Waals surface area contributed by atoms with E-state index in [1.807, 2.05) is 28.8 Å². The van der Waals surface area contributed by atoms with Gasteiger partial charge in [-0.15, -0.1) is 0 Å². The van der Waals surface area contributed by atoms with Gasteiger partial charge in [-0.3, -0.25) is 0 Å². The predicted molar refractivity (Wildman–Crippen MR) is 53.4 cm³/mol. The number of rotatable bonds is 2. The van der Waals surface area contributed by atoms with Crippen LogP contribution in [0.1, 0.15) is 0 Å². The maximum Gasteiger partial charge on any atom is 0.178 e. The number of nitrogens with zero attached hydrogens (tertiary/aromatic N) is 2. The molecule has 13 heavy (non-hydrogen) atoms. The zero-order valence-electron chi connectivity index (χ0n) is 6.87. The van der Waals surface area contributed by atoms with E-state index in [-0.39, 0.29) is 6.67 Å². The van der Waals surface area contributed by atoms with Crippen LogP contribution >= 0.6 is 15.9 Å². The SMILES string of the molecule is FCCn1c(Br)nc2ccccc21. The van der Waals surface area contributed by atoms with E-state index < -0.39 is 0 Å². The smallest absolute Gasteiger partial charge is 0.178 e. The van der Waals surface area contributed by atoms with Gasteiger partial charge in [-0.25, -0.2) is 9.37 Å². The number of aryl methyl sites for hydroxylation is 1. The number of benzene rings is 1. The Morgan fingerprint density at radius 1 is 1.38 bits per heavy atom. The summed E-state index contributed by atoms with van der Waals surface area (Å²) in [4.78, 5) is 4.24. The number of fused-ring (bicyclic) bond motifs is 1. The van der Waals surface area contributed by atoms with Crippen LogP contribution in [-0.4, -0.2) is 16.2 Å². The van der Waals surface area contributed by atoms with Crippen molar-refractivity contribution in [3.63, 3.8) is 0 Å². The third-order valence-electron chi connectivity index (χ3n) is 1.92. The number of para-hydroxylation sites is 2. The number of hydrogen-bond acceptors (Lipinski definition) is 1. The summed E-state index contributed by atoms with van der Waals surface area (Å²) in [6, 6.07) is 7.68. The van der Waals surface area contributed by atoms with Crippen molar-refractivity contribution < 1.29 is 4.39 Å². The van der Waals surface area contributed by atoms with Crippen molar-refractivity contribution in [1.82, 2.24) is 9.55 Å². The van der Waals surface area contributed by atoms with Crippen molar-refractivity contribution in [2.24, 2.45) is 0 Å². The molecule has 0 spiro atoms. The van der Waals surface area contributed by atoms with Gasteiger partial charge < -0.3 is 4.57 Å². The standard InChI is InChI=1S/C9H8BrFN2/c10-9-12-7-3-1-2-4-8(7)13(9)6-5-11/h1-4H,5-6H2. The molecule has 0 saturated heterocycles. The first-order valence-electron chi connectivity index (χ1n) is 3.99. The molecular weight excluding hydrogens is 235 g/mol. The Morgan fingerprint density at radius 3 is 2.92 bits per heavy atom. The molecule has 0 aliphatic heterocycles. The molecule has 2 nitrogen and oxygen atoms in total. The molecule has 0 atom stereocenters. The minimum Gasteiger partial charge on any atom is -0.316 e. The molecule has 0 aliphatic rings. The normalized spacial score (nSPS) is 10.9. The largest absolute Gasteiger partial charge is 0.316 e. The summed E-state index contributed by atoms with van der Waals surface area (Å²) in [7, 11) is 0. The summed E-state index contributed by atoms with van der Waals surface area (Å²) in [5.74, 6) is 0. The second-order valence-electron chi connectivity index (χ2n) is 2.71. The molecule has 0 amide bonds. The van der Waals surface area contributed by atoms with Gasteiger partial charge >= 0.3 is 0 Å². The Morgan fingerprint density at radius 2 is 2.15 bits per heavy atom. The zero-order chi connectivity index (χ0) is 9.26. The van der Waals surface area contributed by atoms with Crippen LogP contribution in [0.15, 0.2) is 29.0 Å². The highest BCUT2D eigenvalue weighted by Crippen LogP contribution is 2.19. The van der Waals surface area contributed by atoms with E-state index in [0.717, 1.165) is 11.0 Å². The molecule has 2 rings (SSSR count). The molecule has 1 aromatic heterocycles. The lowest BCUT2D eigenvalue weighted by Crippen LogP contribution is -1.99. The van der Waals surface area contributed by atoms with Crippen LogP contribution in [0.25, 0.3) is 11.0 Å². The number of imidazole rings is 1. The van der Waals surface area contributed by atoms with Crippen LogP contribution in [-0.2, 0) is 6.54 Å². The lowest BCUT2D eigenvalue weighted by Gasteiger charge is -2.00. The van der Waals surface area contributed by atoms with E-state index in [1.165, 1.54) is 0 Å². The van der Waals surface area contributed by atoms with Gasteiger partial charge in [-0.1, -0.05) is 12.1 Å². The van der Waals surface area contributed by atoms with Gasteiger partial charge in [0.25, 0.3) is 0 Å². The average molecular weight is 243 g/mol. The van der Waals surface area contributed by atoms with Crippen molar-refractivity contribution in [2.45, 2.75) is 6.54 Å². The summed E-state index contributed by atoms with van der Waals surface area (Å²) in [6.07, 6.45) is 0. The summed E-state index contributed by atoms with van der Waals surface area (Å²) >= 11 is 3.30. The van der Waals surface area contributed by atoms with E-state index in [0.29, 0.717) is 11.3 Å². The first-order chi connectivity index (χ1) is 6.33. The van der Waals surface area contributed by atoms with Gasteiger partial charge in [0.15, 0.2) is 4.73 Å². The van der Waals surface area contributed by atoms with Crippen molar-refractivity contribution >= 4 is 27.0 Å². The van der Waals surface area contributed by atoms with Gasteiger partial charge in [0.1, 0.15) is 6.67 Å². The van der Waals surface area contributed by atoms with Gasteiger partial charge in [0, 0.05) is 0 Å². The zero-order valence-corrected chi connectivity index (χ0v) is 8.46. The topological polar surface area (TPSA) is 17.8 Å². The number of hydrogen-bond donors (Lipinski definition) is 0. The van der Waals surface area contributed by atoms with E-state index in [1.54, 1.807) is 0 Å². The Labute approximate surface area is 83.5 Å². The molecule has 0 N–H and O–H groups in total. The van der Waals surface area contributed by atoms with Crippen LogP contribution in [0.2, 0.25) is 0 Å². The summed E-state index contributed by atoms with van der Waals surface area (Å²) in [6.45, 7) is -0.0277. The Balaban J connectivity index is 2.64. The van der Waals surface area contributed by atoms with E-state index in [9.17, 15) is 4.39 Å².